The van der Waals surface area contributed by atoms with Gasteiger partial charge in [0, 0.05) is 11.1 Å². The molecule has 0 fully saturated rings. The van der Waals surface area contributed by atoms with Crippen LogP contribution in [0.2, 0.25) is 5.02 Å². The Morgan fingerprint density at radius 1 is 1.06 bits per heavy atom. The summed E-state index contributed by atoms with van der Waals surface area (Å²) < 4.78 is 1.58. The van der Waals surface area contributed by atoms with Crippen LogP contribution in [0.1, 0.15) is 29.4 Å². The van der Waals surface area contributed by atoms with Crippen LogP contribution in [-0.4, -0.2) is 24.5 Å². The lowest BCUT2D eigenvalue weighted by Crippen LogP contribution is -2.27. The van der Waals surface area contributed by atoms with Gasteiger partial charge in [0.25, 0.3) is 5.56 Å². The molecule has 35 heavy (non-hydrogen) atoms. The van der Waals surface area contributed by atoms with Crippen LogP contribution in [0.25, 0.3) is 27.2 Å². The van der Waals surface area contributed by atoms with Crippen molar-refractivity contribution in [3.63, 3.8) is 0 Å². The fraction of sp³-hybridized carbons (Fsp3) is 0.160. The summed E-state index contributed by atoms with van der Waals surface area (Å²) in [5.41, 5.74) is 8.56. The number of thiazole rings is 1. The molecule has 1 atom stereocenters. The number of aromatic nitrogens is 5. The Balaban J connectivity index is 1.67. The highest BCUT2D eigenvalue weighted by molar-refractivity contribution is 7.15. The zero-order chi connectivity index (χ0) is 24.7. The van der Waals surface area contributed by atoms with Gasteiger partial charge in [0.05, 0.1) is 38.9 Å². The molecule has 0 aliphatic rings. The molecule has 10 heteroatoms. The van der Waals surface area contributed by atoms with Crippen LogP contribution < -0.4 is 16.6 Å². The van der Waals surface area contributed by atoms with Crippen LogP contribution >= 0.6 is 22.9 Å². The molecule has 0 radical (unpaired) electrons. The van der Waals surface area contributed by atoms with E-state index in [9.17, 15) is 4.79 Å². The molecule has 5 rings (SSSR count). The first-order valence-electron chi connectivity index (χ1n) is 10.9. The van der Waals surface area contributed by atoms with Gasteiger partial charge < -0.3 is 11.1 Å². The zero-order valence-electron chi connectivity index (χ0n) is 19.3. The lowest BCUT2D eigenvalue weighted by molar-refractivity contribution is 0.731. The fourth-order valence-corrected chi connectivity index (χ4v) is 5.02. The van der Waals surface area contributed by atoms with E-state index in [0.29, 0.717) is 33.3 Å². The molecule has 0 bridgehead atoms. The van der Waals surface area contributed by atoms with Crippen LogP contribution in [0.3, 0.4) is 0 Å². The smallest absolute Gasteiger partial charge is 0.267 e. The average molecular weight is 504 g/mol. The second-order valence-electron chi connectivity index (χ2n) is 8.10. The van der Waals surface area contributed by atoms with Gasteiger partial charge in [-0.05, 0) is 45.0 Å². The molecule has 176 valence electrons. The van der Waals surface area contributed by atoms with Gasteiger partial charge >= 0.3 is 0 Å². The van der Waals surface area contributed by atoms with Crippen molar-refractivity contribution in [3.8, 4) is 16.3 Å². The maximum atomic E-state index is 13.7. The summed E-state index contributed by atoms with van der Waals surface area (Å²) >= 11 is 7.96. The van der Waals surface area contributed by atoms with E-state index in [0.717, 1.165) is 21.1 Å². The molecule has 5 aromatic rings. The number of aryl methyl sites for hydroxylation is 2. The van der Waals surface area contributed by atoms with Crippen molar-refractivity contribution in [3.05, 3.63) is 86.5 Å². The first-order chi connectivity index (χ1) is 16.8. The van der Waals surface area contributed by atoms with Crippen LogP contribution in [0.5, 0.6) is 0 Å². The van der Waals surface area contributed by atoms with Crippen molar-refractivity contribution in [2.75, 3.05) is 11.1 Å². The standard InChI is InChI=1S/C25H22ClN7OS/c1-13-15(3)35-23(30-13)17-12-28-25(27)32-21(17)29-14(2)22-31-19-11-7-10-18(26)20(19)24(34)33(22)16-8-5-4-6-9-16/h4-12,14H,1-3H3,(H3,27,28,29,32). The number of nitrogens with zero attached hydrogens (tertiary/aromatic N) is 5. The summed E-state index contributed by atoms with van der Waals surface area (Å²) in [6, 6.07) is 14.2. The first-order valence-corrected chi connectivity index (χ1v) is 12.1. The summed E-state index contributed by atoms with van der Waals surface area (Å²) in [6.45, 7) is 5.90. The molecule has 0 saturated heterocycles. The van der Waals surface area contributed by atoms with Gasteiger partial charge in [0.15, 0.2) is 0 Å². The molecule has 0 spiro atoms. The number of rotatable bonds is 5. The molecule has 0 aliphatic carbocycles. The van der Waals surface area contributed by atoms with Crippen molar-refractivity contribution in [2.45, 2.75) is 26.8 Å². The minimum absolute atomic E-state index is 0.132. The third kappa shape index (κ3) is 4.24. The Morgan fingerprint density at radius 2 is 1.83 bits per heavy atom. The summed E-state index contributed by atoms with van der Waals surface area (Å²) in [5.74, 6) is 1.15. The summed E-state index contributed by atoms with van der Waals surface area (Å²) in [5, 5.41) is 4.91. The molecule has 0 amide bonds. The van der Waals surface area contributed by atoms with Crippen LogP contribution in [0.15, 0.2) is 59.5 Å². The number of halogens is 1. The van der Waals surface area contributed by atoms with Crippen molar-refractivity contribution in [1.29, 1.82) is 0 Å². The molecule has 3 aromatic heterocycles. The lowest BCUT2D eigenvalue weighted by atomic mass is 10.2. The lowest BCUT2D eigenvalue weighted by Gasteiger charge is -2.21. The number of anilines is 2. The predicted molar refractivity (Wildman–Crippen MR) is 141 cm³/mol. The Morgan fingerprint density at radius 3 is 2.54 bits per heavy atom. The van der Waals surface area contributed by atoms with E-state index in [1.165, 1.54) is 0 Å². The number of nitrogen functional groups attached to an aromatic ring is 1. The van der Waals surface area contributed by atoms with Gasteiger partial charge in [-0.25, -0.2) is 15.0 Å². The summed E-state index contributed by atoms with van der Waals surface area (Å²) in [7, 11) is 0. The third-order valence-corrected chi connectivity index (χ3v) is 7.12. The molecule has 0 saturated carbocycles. The highest BCUT2D eigenvalue weighted by Gasteiger charge is 2.22. The molecular formula is C25H22ClN7OS. The minimum Gasteiger partial charge on any atom is -0.368 e. The van der Waals surface area contributed by atoms with Crippen LogP contribution in [-0.2, 0) is 0 Å². The van der Waals surface area contributed by atoms with Crippen molar-refractivity contribution in [2.24, 2.45) is 0 Å². The molecule has 1 unspecified atom stereocenters. The topological polar surface area (TPSA) is 112 Å². The Labute approximate surface area is 210 Å². The van der Waals surface area contributed by atoms with Gasteiger partial charge in [-0.2, -0.15) is 4.98 Å². The quantitative estimate of drug-likeness (QED) is 0.333. The maximum absolute atomic E-state index is 13.7. The van der Waals surface area contributed by atoms with Gasteiger partial charge in [-0.3, -0.25) is 9.36 Å². The number of nitrogens with one attached hydrogen (secondary N) is 1. The summed E-state index contributed by atoms with van der Waals surface area (Å²) in [4.78, 5) is 32.9. The number of hydrogen-bond acceptors (Lipinski definition) is 8. The molecule has 2 aromatic carbocycles. The van der Waals surface area contributed by atoms with E-state index in [1.807, 2.05) is 51.1 Å². The van der Waals surface area contributed by atoms with Gasteiger partial charge in [-0.1, -0.05) is 35.9 Å². The summed E-state index contributed by atoms with van der Waals surface area (Å²) in [6.07, 6.45) is 1.66. The molecule has 3 N–H and O–H groups in total. The first kappa shape index (κ1) is 22.9. The SMILES string of the molecule is Cc1nc(-c2cnc(N)nc2NC(C)c2nc3cccc(Cl)c3c(=O)n2-c2ccccc2)sc1C. The van der Waals surface area contributed by atoms with Crippen LogP contribution in [0.4, 0.5) is 11.8 Å². The number of nitrogens with two attached hydrogens (primary N) is 1. The third-order valence-electron chi connectivity index (χ3n) is 5.69. The van der Waals surface area contributed by atoms with E-state index in [2.05, 4.69) is 20.3 Å². The normalized spacial score (nSPS) is 12.1. The average Bonchev–Trinajstić information content (AvgIpc) is 3.17. The van der Waals surface area contributed by atoms with Crippen LogP contribution in [0, 0.1) is 13.8 Å². The fourth-order valence-electron chi connectivity index (χ4n) is 3.84. The van der Waals surface area contributed by atoms with E-state index in [1.54, 1.807) is 40.3 Å². The number of para-hydroxylation sites is 1. The Bertz CT molecular complexity index is 1590. The second kappa shape index (κ2) is 9.09. The number of hydrogen-bond donors (Lipinski definition) is 2. The molecule has 3 heterocycles. The highest BCUT2D eigenvalue weighted by Crippen LogP contribution is 2.33. The van der Waals surface area contributed by atoms with E-state index < -0.39 is 6.04 Å². The predicted octanol–water partition coefficient (Wildman–Crippen LogP) is 5.32. The molecule has 8 nitrogen and oxygen atoms in total. The molecule has 0 aliphatic heterocycles. The van der Waals surface area contributed by atoms with Crippen molar-refractivity contribution >= 4 is 45.6 Å². The van der Waals surface area contributed by atoms with E-state index >= 15 is 0 Å². The minimum atomic E-state index is -0.429. The Kier molecular flexibility index (Phi) is 5.96. The van der Waals surface area contributed by atoms with Gasteiger partial charge in [0.1, 0.15) is 16.6 Å². The van der Waals surface area contributed by atoms with Crippen molar-refractivity contribution in [1.82, 2.24) is 24.5 Å². The van der Waals surface area contributed by atoms with Crippen molar-refractivity contribution < 1.29 is 0 Å². The highest BCUT2D eigenvalue weighted by atomic mass is 35.5. The van der Waals surface area contributed by atoms with Gasteiger partial charge in [0.2, 0.25) is 5.95 Å². The monoisotopic (exact) mass is 503 g/mol. The largest absolute Gasteiger partial charge is 0.368 e. The van der Waals surface area contributed by atoms with E-state index in [4.69, 9.17) is 22.3 Å². The number of fused-ring (bicyclic) bond motifs is 1. The second-order valence-corrected chi connectivity index (χ2v) is 9.71. The Hall–Kier alpha value is -3.82. The maximum Gasteiger partial charge on any atom is 0.267 e. The zero-order valence-corrected chi connectivity index (χ0v) is 20.9. The molecular weight excluding hydrogens is 482 g/mol. The van der Waals surface area contributed by atoms with E-state index in [-0.39, 0.29) is 11.5 Å². The van der Waals surface area contributed by atoms with Gasteiger partial charge in [-0.15, -0.1) is 11.3 Å². The number of benzene rings is 2.